The topological polar surface area (TPSA) is 128 Å². The van der Waals surface area contributed by atoms with Crippen LogP contribution in [0.5, 0.6) is 0 Å². The van der Waals surface area contributed by atoms with Gasteiger partial charge < -0.3 is 10.9 Å². The van der Waals surface area contributed by atoms with Crippen LogP contribution in [0.25, 0.3) is 0 Å². The minimum absolute atomic E-state index is 0.190. The van der Waals surface area contributed by atoms with Gasteiger partial charge in [0.25, 0.3) is 5.69 Å². The highest BCUT2D eigenvalue weighted by Crippen LogP contribution is 2.28. The monoisotopic (exact) mass is 369 g/mol. The lowest BCUT2D eigenvalue weighted by Gasteiger charge is -2.04. The van der Waals surface area contributed by atoms with E-state index in [0.29, 0.717) is 10.1 Å². The summed E-state index contributed by atoms with van der Waals surface area (Å²) in [5.41, 5.74) is 4.89. The number of aromatic nitrogens is 2. The molecule has 2 aromatic rings. The molecule has 21 heavy (non-hydrogen) atoms. The molecule has 0 aliphatic rings. The van der Waals surface area contributed by atoms with E-state index in [2.05, 4.69) is 31.1 Å². The first-order chi connectivity index (χ1) is 10.0. The first-order valence-corrected chi connectivity index (χ1v) is 7.05. The molecule has 8 nitrogen and oxygen atoms in total. The van der Waals surface area contributed by atoms with Gasteiger partial charge in [0.15, 0.2) is 11.5 Å². The van der Waals surface area contributed by atoms with Crippen molar-refractivity contribution in [2.75, 3.05) is 0 Å². The average molecular weight is 370 g/mol. The van der Waals surface area contributed by atoms with E-state index >= 15 is 0 Å². The molecule has 0 aliphatic heterocycles. The molecule has 0 unspecified atom stereocenters. The van der Waals surface area contributed by atoms with Crippen LogP contribution in [0.15, 0.2) is 50.1 Å². The molecule has 0 saturated heterocycles. The van der Waals surface area contributed by atoms with E-state index in [1.54, 1.807) is 12.3 Å². The molecule has 108 valence electrons. The SMILES string of the molecule is N/C(=N/O)c1nc(Sc2ccc(Br)cn2)ccc1[N+](=O)[O-]. The van der Waals surface area contributed by atoms with Gasteiger partial charge in [-0.2, -0.15) is 0 Å². The highest BCUT2D eigenvalue weighted by Gasteiger charge is 2.20. The Morgan fingerprint density at radius 2 is 2.10 bits per heavy atom. The van der Waals surface area contributed by atoms with Crippen molar-refractivity contribution in [3.05, 3.63) is 50.7 Å². The van der Waals surface area contributed by atoms with E-state index in [4.69, 9.17) is 10.9 Å². The van der Waals surface area contributed by atoms with E-state index in [1.807, 2.05) is 6.07 Å². The molecule has 0 aliphatic carbocycles. The van der Waals surface area contributed by atoms with Crippen molar-refractivity contribution in [2.45, 2.75) is 10.1 Å². The Labute approximate surface area is 131 Å². The second-order valence-corrected chi connectivity index (χ2v) is 5.63. The predicted molar refractivity (Wildman–Crippen MR) is 79.5 cm³/mol. The Balaban J connectivity index is 2.37. The fourth-order valence-electron chi connectivity index (χ4n) is 1.40. The third kappa shape index (κ3) is 3.67. The highest BCUT2D eigenvalue weighted by atomic mass is 79.9. The summed E-state index contributed by atoms with van der Waals surface area (Å²) in [5.74, 6) is -0.423. The molecule has 0 radical (unpaired) electrons. The molecule has 0 amide bonds. The van der Waals surface area contributed by atoms with Crippen LogP contribution in [-0.4, -0.2) is 25.9 Å². The Hall–Kier alpha value is -2.20. The second-order valence-electron chi connectivity index (χ2n) is 3.68. The first-order valence-electron chi connectivity index (χ1n) is 5.44. The van der Waals surface area contributed by atoms with Gasteiger partial charge in [0, 0.05) is 16.7 Å². The predicted octanol–water partition coefficient (Wildman–Crippen LogP) is 2.39. The van der Waals surface area contributed by atoms with Crippen LogP contribution in [0.2, 0.25) is 0 Å². The zero-order valence-corrected chi connectivity index (χ0v) is 12.7. The van der Waals surface area contributed by atoms with Gasteiger partial charge in [0.05, 0.1) is 4.92 Å². The van der Waals surface area contributed by atoms with Crippen molar-refractivity contribution in [2.24, 2.45) is 10.9 Å². The summed E-state index contributed by atoms with van der Waals surface area (Å²) in [6, 6.07) is 6.30. The van der Waals surface area contributed by atoms with Crippen molar-refractivity contribution in [1.82, 2.24) is 9.97 Å². The summed E-state index contributed by atoms with van der Waals surface area (Å²) in [6.45, 7) is 0. The zero-order chi connectivity index (χ0) is 15.4. The van der Waals surface area contributed by atoms with Crippen molar-refractivity contribution in [1.29, 1.82) is 0 Å². The maximum atomic E-state index is 10.9. The smallest absolute Gasteiger partial charge is 0.298 e. The Morgan fingerprint density at radius 1 is 1.38 bits per heavy atom. The summed E-state index contributed by atoms with van der Waals surface area (Å²) in [4.78, 5) is 18.4. The molecule has 0 bridgehead atoms. The third-order valence-electron chi connectivity index (χ3n) is 2.30. The van der Waals surface area contributed by atoms with Crippen molar-refractivity contribution >= 4 is 39.2 Å². The molecule has 0 atom stereocenters. The summed E-state index contributed by atoms with van der Waals surface area (Å²) >= 11 is 4.47. The quantitative estimate of drug-likeness (QED) is 0.278. The molecule has 3 N–H and O–H groups in total. The number of hydrogen-bond donors (Lipinski definition) is 2. The molecule has 2 aromatic heterocycles. The molecule has 2 rings (SSSR count). The number of hydrogen-bond acceptors (Lipinski definition) is 7. The maximum absolute atomic E-state index is 10.9. The van der Waals surface area contributed by atoms with E-state index in [0.717, 1.165) is 4.47 Å². The first kappa shape index (κ1) is 15.2. The van der Waals surface area contributed by atoms with E-state index in [-0.39, 0.29) is 11.4 Å². The van der Waals surface area contributed by atoms with Crippen LogP contribution >= 0.6 is 27.7 Å². The number of nitrogens with two attached hydrogens (primary N) is 1. The van der Waals surface area contributed by atoms with E-state index in [1.165, 1.54) is 23.9 Å². The van der Waals surface area contributed by atoms with Gasteiger partial charge in [-0.25, -0.2) is 9.97 Å². The minimum Gasteiger partial charge on any atom is -0.409 e. The lowest BCUT2D eigenvalue weighted by Crippen LogP contribution is -2.17. The number of nitrogens with zero attached hydrogens (tertiary/aromatic N) is 4. The van der Waals surface area contributed by atoms with Crippen LogP contribution in [0, 0.1) is 10.1 Å². The summed E-state index contributed by atoms with van der Waals surface area (Å²) < 4.78 is 0.834. The number of rotatable bonds is 4. The van der Waals surface area contributed by atoms with Crippen LogP contribution in [0.3, 0.4) is 0 Å². The molecular formula is C11H8BrN5O3S. The normalized spacial score (nSPS) is 11.4. The van der Waals surface area contributed by atoms with Crippen molar-refractivity contribution < 1.29 is 10.1 Å². The zero-order valence-electron chi connectivity index (χ0n) is 10.3. The third-order valence-corrected chi connectivity index (χ3v) is 3.66. The van der Waals surface area contributed by atoms with Crippen LogP contribution in [0.1, 0.15) is 5.69 Å². The number of nitro groups is 1. The minimum atomic E-state index is -0.646. The van der Waals surface area contributed by atoms with Gasteiger partial charge in [-0.15, -0.1) is 0 Å². The molecule has 0 fully saturated rings. The molecule has 2 heterocycles. The van der Waals surface area contributed by atoms with Gasteiger partial charge in [0.1, 0.15) is 10.1 Å². The van der Waals surface area contributed by atoms with Gasteiger partial charge in [-0.05, 0) is 34.1 Å². The molecule has 0 spiro atoms. The van der Waals surface area contributed by atoms with Crippen molar-refractivity contribution in [3.63, 3.8) is 0 Å². The molecule has 0 aromatic carbocycles. The average Bonchev–Trinajstić information content (AvgIpc) is 2.48. The summed E-state index contributed by atoms with van der Waals surface area (Å²) in [7, 11) is 0. The number of pyridine rings is 2. The maximum Gasteiger partial charge on any atom is 0.298 e. The van der Waals surface area contributed by atoms with Crippen LogP contribution in [-0.2, 0) is 0 Å². The number of oxime groups is 1. The van der Waals surface area contributed by atoms with Gasteiger partial charge in [0.2, 0.25) is 0 Å². The van der Waals surface area contributed by atoms with Crippen molar-refractivity contribution in [3.8, 4) is 0 Å². The molecular weight excluding hydrogens is 362 g/mol. The van der Waals surface area contributed by atoms with Gasteiger partial charge >= 0.3 is 0 Å². The standard InChI is InChI=1S/C11H8BrN5O3S/c12-6-1-3-8(14-5-6)21-9-4-2-7(17(19)20)10(15-9)11(13)16-18/h1-5,18H,(H2,13,16). The Kier molecular flexibility index (Phi) is 4.70. The lowest BCUT2D eigenvalue weighted by molar-refractivity contribution is -0.385. The fourth-order valence-corrected chi connectivity index (χ4v) is 2.37. The number of amidine groups is 1. The fraction of sp³-hybridized carbons (Fsp3) is 0. The summed E-state index contributed by atoms with van der Waals surface area (Å²) in [5, 5.41) is 23.4. The Bertz CT molecular complexity index is 708. The lowest BCUT2D eigenvalue weighted by atomic mass is 10.3. The Morgan fingerprint density at radius 3 is 2.67 bits per heavy atom. The highest BCUT2D eigenvalue weighted by molar-refractivity contribution is 9.10. The molecule has 10 heteroatoms. The van der Waals surface area contributed by atoms with Gasteiger partial charge in [-0.3, -0.25) is 10.1 Å². The van der Waals surface area contributed by atoms with Crippen LogP contribution < -0.4 is 5.73 Å². The second kappa shape index (κ2) is 6.50. The van der Waals surface area contributed by atoms with E-state index < -0.39 is 10.8 Å². The largest absolute Gasteiger partial charge is 0.409 e. The summed E-state index contributed by atoms with van der Waals surface area (Å²) in [6.07, 6.45) is 1.62. The molecule has 0 saturated carbocycles. The van der Waals surface area contributed by atoms with Gasteiger partial charge in [-0.1, -0.05) is 16.9 Å². The van der Waals surface area contributed by atoms with Crippen LogP contribution in [0.4, 0.5) is 5.69 Å². The van der Waals surface area contributed by atoms with E-state index in [9.17, 15) is 10.1 Å². The number of halogens is 1.